The van der Waals surface area contributed by atoms with E-state index in [0.29, 0.717) is 0 Å². The number of hydrogen-bond acceptors (Lipinski definition) is 7. The van der Waals surface area contributed by atoms with Crippen molar-refractivity contribution >= 4 is 10.0 Å². The van der Waals surface area contributed by atoms with E-state index in [2.05, 4.69) is 0 Å². The third kappa shape index (κ3) is 3.03. The molecule has 0 amide bonds. The predicted molar refractivity (Wildman–Crippen MR) is 92.2 cm³/mol. The molecule has 0 radical (unpaired) electrons. The summed E-state index contributed by atoms with van der Waals surface area (Å²) in [6, 6.07) is 7.79. The van der Waals surface area contributed by atoms with Crippen molar-refractivity contribution in [3.63, 3.8) is 0 Å². The summed E-state index contributed by atoms with van der Waals surface area (Å²) in [5, 5.41) is 24.9. The van der Waals surface area contributed by atoms with E-state index in [4.69, 9.17) is 24.6 Å². The summed E-state index contributed by atoms with van der Waals surface area (Å²) in [5.41, 5.74) is 0.262. The van der Waals surface area contributed by atoms with Crippen LogP contribution in [0.2, 0.25) is 0 Å². The number of rotatable bonds is 3. The van der Waals surface area contributed by atoms with E-state index in [1.165, 1.54) is 18.2 Å². The fraction of sp³-hybridized carbons (Fsp3) is 0.278. The monoisotopic (exact) mass is 406 g/mol. The van der Waals surface area contributed by atoms with Gasteiger partial charge in [-0.3, -0.25) is 0 Å². The van der Waals surface area contributed by atoms with Gasteiger partial charge in [-0.2, -0.15) is 5.26 Å². The van der Waals surface area contributed by atoms with E-state index in [-0.39, 0.29) is 52.7 Å². The van der Waals surface area contributed by atoms with Crippen molar-refractivity contribution in [1.29, 1.82) is 5.26 Å². The summed E-state index contributed by atoms with van der Waals surface area (Å²) < 4.78 is 54.9. The van der Waals surface area contributed by atoms with Crippen LogP contribution in [-0.2, 0) is 25.3 Å². The van der Waals surface area contributed by atoms with Crippen LogP contribution in [0.25, 0.3) is 0 Å². The van der Waals surface area contributed by atoms with Gasteiger partial charge in [0.1, 0.15) is 17.3 Å². The maximum atomic E-state index is 13.7. The van der Waals surface area contributed by atoms with Gasteiger partial charge in [-0.25, -0.2) is 17.9 Å². The zero-order valence-corrected chi connectivity index (χ0v) is 15.2. The van der Waals surface area contributed by atoms with E-state index in [9.17, 15) is 17.9 Å². The lowest BCUT2D eigenvalue weighted by Crippen LogP contribution is -2.28. The topological polar surface area (TPSA) is 132 Å². The summed E-state index contributed by atoms with van der Waals surface area (Å²) in [4.78, 5) is -0.245. The lowest BCUT2D eigenvalue weighted by Gasteiger charge is -2.24. The minimum absolute atomic E-state index is 0.0171. The van der Waals surface area contributed by atoms with Crippen molar-refractivity contribution in [2.24, 2.45) is 5.14 Å². The van der Waals surface area contributed by atoms with Crippen LogP contribution in [0.5, 0.6) is 11.5 Å². The molecule has 2 aromatic rings. The second kappa shape index (κ2) is 6.51. The number of nitriles is 1. The molecule has 3 N–H and O–H groups in total. The molecule has 0 bridgehead atoms. The average Bonchev–Trinajstić information content (AvgIpc) is 3.19. The molecule has 4 rings (SSSR count). The van der Waals surface area contributed by atoms with E-state index >= 15 is 0 Å². The molecular weight excluding hydrogens is 391 g/mol. The highest BCUT2D eigenvalue weighted by molar-refractivity contribution is 7.89. The van der Waals surface area contributed by atoms with Gasteiger partial charge in [0, 0.05) is 23.6 Å². The summed E-state index contributed by atoms with van der Waals surface area (Å²) >= 11 is 0. The third-order valence-corrected chi connectivity index (χ3v) is 5.59. The molecular formula is C18H15FN2O6S. The van der Waals surface area contributed by atoms with E-state index in [0.717, 1.165) is 12.1 Å². The molecule has 1 unspecified atom stereocenters. The molecule has 1 spiro atoms. The van der Waals surface area contributed by atoms with Gasteiger partial charge in [0.15, 0.2) is 5.79 Å². The van der Waals surface area contributed by atoms with Gasteiger partial charge in [-0.05, 0) is 24.3 Å². The summed E-state index contributed by atoms with van der Waals surface area (Å²) in [5.74, 6) is -2.02. The standard InChI is InChI=1S/C18H15FN2O6S/c19-11-5-10(9-20)6-12(7-11)27-14-1-2-15(28(21,23)24)17-16(14)13(22)8-18(17)25-3-4-26-18/h1-2,5-7,13,22H,3-4,8H2,(H2,21,23,24). The molecule has 10 heteroatoms. The molecule has 0 saturated carbocycles. The Hall–Kier alpha value is -2.55. The second-order valence-electron chi connectivity index (χ2n) is 6.45. The lowest BCUT2D eigenvalue weighted by atomic mass is 10.1. The lowest BCUT2D eigenvalue weighted by molar-refractivity contribution is -0.175. The Kier molecular flexibility index (Phi) is 4.37. The number of primary sulfonamides is 1. The SMILES string of the molecule is N#Cc1cc(F)cc(Oc2ccc(S(N)(=O)=O)c3c2C(O)CC32OCCO2)c1. The molecule has 28 heavy (non-hydrogen) atoms. The van der Waals surface area contributed by atoms with Gasteiger partial charge in [0.2, 0.25) is 10.0 Å². The molecule has 1 atom stereocenters. The minimum atomic E-state index is -4.15. The van der Waals surface area contributed by atoms with Gasteiger partial charge in [0.05, 0.1) is 35.8 Å². The Bertz CT molecular complexity index is 1110. The molecule has 0 aromatic heterocycles. The van der Waals surface area contributed by atoms with Crippen LogP contribution in [-0.4, -0.2) is 26.7 Å². The highest BCUT2D eigenvalue weighted by Gasteiger charge is 2.52. The summed E-state index contributed by atoms with van der Waals surface area (Å²) in [6.07, 6.45) is -1.20. The van der Waals surface area contributed by atoms with E-state index < -0.39 is 27.7 Å². The molecule has 8 nitrogen and oxygen atoms in total. The highest BCUT2D eigenvalue weighted by atomic mass is 32.2. The molecule has 2 aromatic carbocycles. The number of ether oxygens (including phenoxy) is 3. The van der Waals surface area contributed by atoms with Gasteiger partial charge >= 0.3 is 0 Å². The Morgan fingerprint density at radius 2 is 2.00 bits per heavy atom. The second-order valence-corrected chi connectivity index (χ2v) is 7.98. The molecule has 1 saturated heterocycles. The maximum absolute atomic E-state index is 13.7. The molecule has 146 valence electrons. The van der Waals surface area contributed by atoms with E-state index in [1.807, 2.05) is 6.07 Å². The Morgan fingerprint density at radius 3 is 2.64 bits per heavy atom. The number of aliphatic hydroxyl groups is 1. The van der Waals surface area contributed by atoms with Crippen molar-refractivity contribution in [1.82, 2.24) is 0 Å². The largest absolute Gasteiger partial charge is 0.457 e. The quantitative estimate of drug-likeness (QED) is 0.794. The minimum Gasteiger partial charge on any atom is -0.457 e. The van der Waals surface area contributed by atoms with Crippen molar-refractivity contribution in [2.45, 2.75) is 23.2 Å². The first-order valence-corrected chi connectivity index (χ1v) is 9.83. The van der Waals surface area contributed by atoms with Gasteiger partial charge in [0.25, 0.3) is 0 Å². The first kappa shape index (κ1) is 18.8. The van der Waals surface area contributed by atoms with Crippen molar-refractivity contribution in [3.05, 3.63) is 52.8 Å². The van der Waals surface area contributed by atoms with Crippen LogP contribution < -0.4 is 9.88 Å². The molecule has 1 aliphatic heterocycles. The highest BCUT2D eigenvalue weighted by Crippen LogP contribution is 2.54. The van der Waals surface area contributed by atoms with Crippen LogP contribution in [0, 0.1) is 17.1 Å². The molecule has 1 aliphatic carbocycles. The first-order valence-electron chi connectivity index (χ1n) is 8.28. The zero-order chi connectivity index (χ0) is 20.1. The molecule has 1 heterocycles. The van der Waals surface area contributed by atoms with Crippen molar-refractivity contribution in [3.8, 4) is 17.6 Å². The fourth-order valence-corrected chi connectivity index (χ4v) is 4.43. The number of halogens is 1. The Labute approximate surface area is 159 Å². The fourth-order valence-electron chi connectivity index (χ4n) is 3.62. The molecule has 1 fully saturated rings. The molecule has 2 aliphatic rings. The van der Waals surface area contributed by atoms with Crippen molar-refractivity contribution < 1.29 is 32.1 Å². The van der Waals surface area contributed by atoms with Crippen LogP contribution in [0.3, 0.4) is 0 Å². The average molecular weight is 406 g/mol. The predicted octanol–water partition coefficient (Wildman–Crippen LogP) is 1.77. The number of nitrogens with zero attached hydrogens (tertiary/aromatic N) is 1. The third-order valence-electron chi connectivity index (χ3n) is 4.63. The van der Waals surface area contributed by atoms with Crippen LogP contribution in [0.15, 0.2) is 35.2 Å². The number of nitrogens with two attached hydrogens (primary N) is 1. The summed E-state index contributed by atoms with van der Waals surface area (Å²) in [7, 11) is -4.15. The zero-order valence-electron chi connectivity index (χ0n) is 14.4. The number of fused-ring (bicyclic) bond motifs is 2. The van der Waals surface area contributed by atoms with Crippen LogP contribution >= 0.6 is 0 Å². The van der Waals surface area contributed by atoms with Crippen molar-refractivity contribution in [2.75, 3.05) is 13.2 Å². The van der Waals surface area contributed by atoms with Crippen LogP contribution in [0.1, 0.15) is 29.2 Å². The maximum Gasteiger partial charge on any atom is 0.238 e. The number of aliphatic hydroxyl groups excluding tert-OH is 1. The Morgan fingerprint density at radius 1 is 1.29 bits per heavy atom. The number of sulfonamides is 1. The Balaban J connectivity index is 1.89. The number of hydrogen-bond donors (Lipinski definition) is 2. The van der Waals surface area contributed by atoms with Gasteiger partial charge < -0.3 is 19.3 Å². The van der Waals surface area contributed by atoms with Gasteiger partial charge in [-0.15, -0.1) is 0 Å². The van der Waals surface area contributed by atoms with E-state index in [1.54, 1.807) is 0 Å². The van der Waals surface area contributed by atoms with Gasteiger partial charge in [-0.1, -0.05) is 0 Å². The normalized spacial score (nSPS) is 20.1. The first-order chi connectivity index (χ1) is 13.2. The summed E-state index contributed by atoms with van der Waals surface area (Å²) in [6.45, 7) is 0.438. The smallest absolute Gasteiger partial charge is 0.238 e. The van der Waals surface area contributed by atoms with Crippen LogP contribution in [0.4, 0.5) is 4.39 Å². The number of benzene rings is 2.